The first-order valence-corrected chi connectivity index (χ1v) is 11.5. The number of aryl methyl sites for hydroxylation is 2. The molecule has 3 aromatic rings. The largest absolute Gasteiger partial charge is 0.487 e. The lowest BCUT2D eigenvalue weighted by Gasteiger charge is -2.32. The van der Waals surface area contributed by atoms with Crippen LogP contribution in [0.25, 0.3) is 0 Å². The average Bonchev–Trinajstić information content (AvgIpc) is 3.11. The molecule has 1 saturated heterocycles. The second-order valence-electron chi connectivity index (χ2n) is 7.77. The Balaban J connectivity index is 1.38. The number of amides is 1. The van der Waals surface area contributed by atoms with E-state index in [-0.39, 0.29) is 17.8 Å². The standard InChI is InChI=1S/C24H24F2N2O3S/c1-15-20(16(2)31-27-15)14-32-23-6-4-3-5-19(23)24(29)28-11-9-18(10-12-28)30-22-8-7-17(25)13-21(22)26/h3-8,13,18H,9-12,14H2,1-2H3. The zero-order valence-corrected chi connectivity index (χ0v) is 18.8. The SMILES string of the molecule is Cc1noc(C)c1CSc1ccccc1C(=O)N1CCC(Oc2ccc(F)cc2F)CC1. The molecular weight excluding hydrogens is 434 g/mol. The third-order valence-corrected chi connectivity index (χ3v) is 6.69. The fourth-order valence-electron chi connectivity index (χ4n) is 3.72. The zero-order chi connectivity index (χ0) is 22.7. The van der Waals surface area contributed by atoms with Gasteiger partial charge in [-0.2, -0.15) is 0 Å². The van der Waals surface area contributed by atoms with Gasteiger partial charge >= 0.3 is 0 Å². The molecular formula is C24H24F2N2O3S. The van der Waals surface area contributed by atoms with Crippen LogP contribution in [0.2, 0.25) is 0 Å². The summed E-state index contributed by atoms with van der Waals surface area (Å²) in [6.45, 7) is 4.81. The number of carbonyl (C=O) groups is 1. The Morgan fingerprint density at radius 2 is 1.94 bits per heavy atom. The molecule has 0 unspecified atom stereocenters. The van der Waals surface area contributed by atoms with E-state index in [0.717, 1.165) is 28.0 Å². The number of hydrogen-bond acceptors (Lipinski definition) is 5. The lowest BCUT2D eigenvalue weighted by atomic mass is 10.1. The molecule has 1 aliphatic heterocycles. The van der Waals surface area contributed by atoms with Gasteiger partial charge in [-0.05, 0) is 38.1 Å². The van der Waals surface area contributed by atoms with E-state index in [1.807, 2.05) is 38.1 Å². The Morgan fingerprint density at radius 1 is 1.19 bits per heavy atom. The number of halogens is 2. The van der Waals surface area contributed by atoms with E-state index in [0.29, 0.717) is 37.2 Å². The molecule has 0 bridgehead atoms. The van der Waals surface area contributed by atoms with Gasteiger partial charge in [-0.1, -0.05) is 17.3 Å². The number of hydrogen-bond donors (Lipinski definition) is 0. The predicted molar refractivity (Wildman–Crippen MR) is 118 cm³/mol. The van der Waals surface area contributed by atoms with Crippen LogP contribution in [0.3, 0.4) is 0 Å². The molecule has 1 aliphatic rings. The molecule has 5 nitrogen and oxygen atoms in total. The van der Waals surface area contributed by atoms with Gasteiger partial charge in [0.1, 0.15) is 17.7 Å². The highest BCUT2D eigenvalue weighted by molar-refractivity contribution is 7.98. The van der Waals surface area contributed by atoms with E-state index in [9.17, 15) is 13.6 Å². The van der Waals surface area contributed by atoms with Gasteiger partial charge in [0.15, 0.2) is 11.6 Å². The van der Waals surface area contributed by atoms with E-state index in [1.165, 1.54) is 12.1 Å². The van der Waals surface area contributed by atoms with Crippen molar-refractivity contribution in [2.75, 3.05) is 13.1 Å². The maximum atomic E-state index is 13.9. The van der Waals surface area contributed by atoms with Crippen LogP contribution in [-0.2, 0) is 5.75 Å². The Kier molecular flexibility index (Phi) is 6.79. The van der Waals surface area contributed by atoms with Gasteiger partial charge in [0, 0.05) is 48.2 Å². The maximum Gasteiger partial charge on any atom is 0.254 e. The third-order valence-electron chi connectivity index (χ3n) is 5.59. The highest BCUT2D eigenvalue weighted by atomic mass is 32.2. The quantitative estimate of drug-likeness (QED) is 0.454. The van der Waals surface area contributed by atoms with Crippen molar-refractivity contribution in [2.45, 2.75) is 43.4 Å². The normalized spacial score (nSPS) is 14.6. The Hall–Kier alpha value is -2.87. The van der Waals surface area contributed by atoms with Gasteiger partial charge in [0.2, 0.25) is 0 Å². The van der Waals surface area contributed by atoms with Crippen molar-refractivity contribution in [3.63, 3.8) is 0 Å². The van der Waals surface area contributed by atoms with Crippen molar-refractivity contribution in [3.8, 4) is 5.75 Å². The smallest absolute Gasteiger partial charge is 0.254 e. The first-order chi connectivity index (χ1) is 15.4. The summed E-state index contributed by atoms with van der Waals surface area (Å²) in [5.41, 5.74) is 2.56. The van der Waals surface area contributed by atoms with Crippen LogP contribution in [-0.4, -0.2) is 35.2 Å². The number of rotatable bonds is 6. The summed E-state index contributed by atoms with van der Waals surface area (Å²) < 4.78 is 37.9. The van der Waals surface area contributed by atoms with Gasteiger partial charge in [-0.15, -0.1) is 11.8 Å². The molecule has 8 heteroatoms. The molecule has 168 valence electrons. The van der Waals surface area contributed by atoms with Crippen LogP contribution in [0.5, 0.6) is 5.75 Å². The second-order valence-corrected chi connectivity index (χ2v) is 8.79. The fraction of sp³-hybridized carbons (Fsp3) is 0.333. The van der Waals surface area contributed by atoms with Crippen LogP contribution in [0.4, 0.5) is 8.78 Å². The summed E-state index contributed by atoms with van der Waals surface area (Å²) in [7, 11) is 0. The molecule has 1 aromatic heterocycles. The molecule has 0 aliphatic carbocycles. The molecule has 0 atom stereocenters. The highest BCUT2D eigenvalue weighted by Gasteiger charge is 2.26. The fourth-order valence-corrected chi connectivity index (χ4v) is 4.92. The number of nitrogens with zero attached hydrogens (tertiary/aromatic N) is 2. The number of aromatic nitrogens is 1. The topological polar surface area (TPSA) is 55.6 Å². The monoisotopic (exact) mass is 458 g/mol. The molecule has 32 heavy (non-hydrogen) atoms. The predicted octanol–water partition coefficient (Wildman–Crippen LogP) is 5.55. The lowest BCUT2D eigenvalue weighted by Crippen LogP contribution is -2.42. The zero-order valence-electron chi connectivity index (χ0n) is 17.9. The van der Waals surface area contributed by atoms with Crippen molar-refractivity contribution in [1.29, 1.82) is 0 Å². The second kappa shape index (κ2) is 9.73. The minimum Gasteiger partial charge on any atom is -0.487 e. The summed E-state index contributed by atoms with van der Waals surface area (Å²) in [4.78, 5) is 15.9. The van der Waals surface area contributed by atoms with Gasteiger partial charge < -0.3 is 14.2 Å². The Morgan fingerprint density at radius 3 is 2.62 bits per heavy atom. The maximum absolute atomic E-state index is 13.9. The van der Waals surface area contributed by atoms with E-state index in [4.69, 9.17) is 9.26 Å². The Labute approximate surface area is 189 Å². The van der Waals surface area contributed by atoms with Crippen molar-refractivity contribution in [1.82, 2.24) is 10.1 Å². The van der Waals surface area contributed by atoms with Crippen molar-refractivity contribution in [3.05, 3.63) is 76.7 Å². The van der Waals surface area contributed by atoms with Crippen molar-refractivity contribution < 1.29 is 22.8 Å². The van der Waals surface area contributed by atoms with Crippen LogP contribution in [0.1, 0.15) is 40.2 Å². The first-order valence-electron chi connectivity index (χ1n) is 10.5. The van der Waals surface area contributed by atoms with Crippen molar-refractivity contribution >= 4 is 17.7 Å². The molecule has 0 radical (unpaired) electrons. The minimum absolute atomic E-state index is 0.0294. The Bertz CT molecular complexity index is 1090. The van der Waals surface area contributed by atoms with E-state index in [2.05, 4.69) is 5.16 Å². The average molecular weight is 459 g/mol. The van der Waals surface area contributed by atoms with E-state index in [1.54, 1.807) is 16.7 Å². The van der Waals surface area contributed by atoms with Gasteiger partial charge in [0.25, 0.3) is 5.91 Å². The summed E-state index contributed by atoms with van der Waals surface area (Å²) in [5.74, 6) is 0.118. The van der Waals surface area contributed by atoms with Crippen LogP contribution < -0.4 is 4.74 Å². The number of carbonyl (C=O) groups excluding carboxylic acids is 1. The number of ether oxygens (including phenoxy) is 1. The summed E-state index contributed by atoms with van der Waals surface area (Å²) in [6, 6.07) is 10.9. The number of likely N-dealkylation sites (tertiary alicyclic amines) is 1. The molecule has 1 fully saturated rings. The van der Waals surface area contributed by atoms with Gasteiger partial charge in [0.05, 0.1) is 11.3 Å². The van der Waals surface area contributed by atoms with Crippen LogP contribution >= 0.6 is 11.8 Å². The summed E-state index contributed by atoms with van der Waals surface area (Å²) in [6.07, 6.45) is 0.941. The molecule has 1 amide bonds. The van der Waals surface area contributed by atoms with E-state index < -0.39 is 11.6 Å². The van der Waals surface area contributed by atoms with Crippen molar-refractivity contribution in [2.24, 2.45) is 0 Å². The molecule has 0 N–H and O–H groups in total. The minimum atomic E-state index is -0.715. The molecule has 0 spiro atoms. The van der Waals surface area contributed by atoms with E-state index >= 15 is 0 Å². The number of thioether (sulfide) groups is 1. The summed E-state index contributed by atoms with van der Waals surface area (Å²) >= 11 is 1.59. The summed E-state index contributed by atoms with van der Waals surface area (Å²) in [5, 5.41) is 3.99. The molecule has 0 saturated carbocycles. The molecule has 4 rings (SSSR count). The first kappa shape index (κ1) is 22.3. The van der Waals surface area contributed by atoms with Gasteiger partial charge in [-0.3, -0.25) is 4.79 Å². The van der Waals surface area contributed by atoms with Crippen LogP contribution in [0.15, 0.2) is 51.9 Å². The number of piperidine rings is 1. The molecule has 2 heterocycles. The van der Waals surface area contributed by atoms with Crippen LogP contribution in [0, 0.1) is 25.5 Å². The molecule has 2 aromatic carbocycles. The van der Waals surface area contributed by atoms with Gasteiger partial charge in [-0.25, -0.2) is 8.78 Å². The lowest BCUT2D eigenvalue weighted by molar-refractivity contribution is 0.0585. The number of benzene rings is 2. The third kappa shape index (κ3) is 4.96. The highest BCUT2D eigenvalue weighted by Crippen LogP contribution is 2.30.